The van der Waals surface area contributed by atoms with E-state index in [4.69, 9.17) is 5.73 Å². The van der Waals surface area contributed by atoms with Crippen LogP contribution in [-0.4, -0.2) is 32.2 Å². The molecule has 0 aliphatic rings. The minimum atomic E-state index is -1.06. The molecule has 4 N–H and O–H groups in total. The number of anilines is 1. The summed E-state index contributed by atoms with van der Waals surface area (Å²) in [6, 6.07) is 7.35. The van der Waals surface area contributed by atoms with Crippen molar-refractivity contribution in [2.45, 2.75) is 25.6 Å². The van der Waals surface area contributed by atoms with Gasteiger partial charge in [0.25, 0.3) is 0 Å². The number of aliphatic hydroxyl groups is 2. The van der Waals surface area contributed by atoms with E-state index in [0.717, 1.165) is 22.5 Å². The number of hydrogen-bond donors (Lipinski definition) is 3. The first-order valence-electron chi connectivity index (χ1n) is 6.63. The number of nitrogen functional groups attached to an aromatic ring is 1. The molecule has 112 valence electrons. The number of nitrogens with zero attached hydrogens (tertiary/aromatic N) is 1. The maximum absolute atomic E-state index is 10.9. The van der Waals surface area contributed by atoms with E-state index < -0.39 is 12.2 Å². The molecule has 2 atom stereocenters. The molecule has 0 bridgehead atoms. The van der Waals surface area contributed by atoms with E-state index in [1.165, 1.54) is 13.1 Å². The fourth-order valence-corrected chi connectivity index (χ4v) is 2.81. The summed E-state index contributed by atoms with van der Waals surface area (Å²) in [4.78, 5) is 14.9. The number of hydrogen-bond acceptors (Lipinski definition) is 6. The smallest absolute Gasteiger partial charge is 0.185 e. The van der Waals surface area contributed by atoms with E-state index in [-0.39, 0.29) is 5.12 Å². The molecule has 1 aromatic carbocycles. The molecule has 0 amide bonds. The minimum absolute atomic E-state index is 0.00343. The lowest BCUT2D eigenvalue weighted by Crippen LogP contribution is -2.20. The topological polar surface area (TPSA) is 96.4 Å². The van der Waals surface area contributed by atoms with Gasteiger partial charge in [0.1, 0.15) is 11.9 Å². The number of pyridine rings is 1. The number of aromatic nitrogens is 1. The number of rotatable bonds is 5. The molecule has 2 unspecified atom stereocenters. The van der Waals surface area contributed by atoms with Crippen molar-refractivity contribution in [2.24, 2.45) is 0 Å². The van der Waals surface area contributed by atoms with Gasteiger partial charge in [-0.1, -0.05) is 36.0 Å². The van der Waals surface area contributed by atoms with Gasteiger partial charge in [0.2, 0.25) is 0 Å². The van der Waals surface area contributed by atoms with E-state index >= 15 is 0 Å². The van der Waals surface area contributed by atoms with Crippen LogP contribution < -0.4 is 5.73 Å². The van der Waals surface area contributed by atoms with E-state index in [1.807, 2.05) is 24.3 Å². The lowest BCUT2D eigenvalue weighted by Gasteiger charge is -2.19. The predicted octanol–water partition coefficient (Wildman–Crippen LogP) is 1.88. The molecule has 5 nitrogen and oxygen atoms in total. The molecule has 0 saturated carbocycles. The highest BCUT2D eigenvalue weighted by Crippen LogP contribution is 2.29. The highest BCUT2D eigenvalue weighted by molar-refractivity contribution is 8.13. The molecule has 0 saturated heterocycles. The van der Waals surface area contributed by atoms with Crippen LogP contribution in [0.1, 0.15) is 25.0 Å². The zero-order valence-electron chi connectivity index (χ0n) is 11.7. The summed E-state index contributed by atoms with van der Waals surface area (Å²) in [5.74, 6) is 0.858. The second-order valence-corrected chi connectivity index (χ2v) is 6.06. The Bertz CT molecular complexity index is 648. The van der Waals surface area contributed by atoms with Crippen LogP contribution in [0.5, 0.6) is 0 Å². The third kappa shape index (κ3) is 3.72. The average Bonchev–Trinajstić information content (AvgIpc) is 2.47. The number of thioether (sulfide) groups is 1. The third-order valence-corrected chi connectivity index (χ3v) is 4.11. The first-order chi connectivity index (χ1) is 10.0. The van der Waals surface area contributed by atoms with Crippen LogP contribution in [0.3, 0.4) is 0 Å². The molecule has 0 radical (unpaired) electrons. The Morgan fingerprint density at radius 2 is 2.00 bits per heavy atom. The van der Waals surface area contributed by atoms with E-state index in [1.54, 1.807) is 0 Å². The van der Waals surface area contributed by atoms with Crippen LogP contribution in [0.15, 0.2) is 30.5 Å². The van der Waals surface area contributed by atoms with Gasteiger partial charge in [0, 0.05) is 29.8 Å². The molecular weight excluding hydrogens is 288 g/mol. The molecule has 0 aliphatic heterocycles. The number of carbonyl (C=O) groups is 1. The van der Waals surface area contributed by atoms with Crippen LogP contribution in [0, 0.1) is 0 Å². The standard InChI is InChI=1S/C15H18N2O3S/c1-9(18)21-7-6-13(19)14(20)12-8-17-15(16)11-5-3-2-4-10(11)12/h2-5,8,13-14,19-20H,6-7H2,1H3,(H2,16,17). The van der Waals surface area contributed by atoms with Gasteiger partial charge in [-0.15, -0.1) is 0 Å². The molecule has 21 heavy (non-hydrogen) atoms. The largest absolute Gasteiger partial charge is 0.390 e. The van der Waals surface area contributed by atoms with E-state index in [0.29, 0.717) is 23.6 Å². The maximum atomic E-state index is 10.9. The van der Waals surface area contributed by atoms with Crippen molar-refractivity contribution in [3.63, 3.8) is 0 Å². The Morgan fingerprint density at radius 3 is 2.67 bits per heavy atom. The molecular formula is C15H18N2O3S. The SMILES string of the molecule is CC(=O)SCCC(O)C(O)c1cnc(N)c2ccccc12. The third-order valence-electron chi connectivity index (χ3n) is 3.26. The van der Waals surface area contributed by atoms with Crippen LogP contribution in [0.2, 0.25) is 0 Å². The fourth-order valence-electron chi connectivity index (χ4n) is 2.16. The highest BCUT2D eigenvalue weighted by Gasteiger charge is 2.21. The molecule has 1 aromatic heterocycles. The molecule has 2 rings (SSSR count). The Hall–Kier alpha value is -1.63. The Labute approximate surface area is 127 Å². The Morgan fingerprint density at radius 1 is 1.33 bits per heavy atom. The number of aliphatic hydroxyl groups excluding tert-OH is 2. The van der Waals surface area contributed by atoms with Crippen molar-refractivity contribution in [3.05, 3.63) is 36.0 Å². The van der Waals surface area contributed by atoms with E-state index in [9.17, 15) is 15.0 Å². The number of benzene rings is 1. The monoisotopic (exact) mass is 306 g/mol. The van der Waals surface area contributed by atoms with Crippen molar-refractivity contribution in [3.8, 4) is 0 Å². The first-order valence-corrected chi connectivity index (χ1v) is 7.62. The highest BCUT2D eigenvalue weighted by atomic mass is 32.2. The minimum Gasteiger partial charge on any atom is -0.390 e. The molecule has 6 heteroatoms. The maximum Gasteiger partial charge on any atom is 0.185 e. The van der Waals surface area contributed by atoms with Gasteiger partial charge >= 0.3 is 0 Å². The lowest BCUT2D eigenvalue weighted by molar-refractivity contribution is -0.109. The number of fused-ring (bicyclic) bond motifs is 1. The zero-order chi connectivity index (χ0) is 15.4. The van der Waals surface area contributed by atoms with Gasteiger partial charge in [-0.2, -0.15) is 0 Å². The van der Waals surface area contributed by atoms with Gasteiger partial charge in [-0.05, 0) is 11.8 Å². The van der Waals surface area contributed by atoms with Crippen molar-refractivity contribution in [1.82, 2.24) is 4.98 Å². The first kappa shape index (κ1) is 15.8. The second-order valence-electron chi connectivity index (χ2n) is 4.79. The summed E-state index contributed by atoms with van der Waals surface area (Å²) in [7, 11) is 0. The summed E-state index contributed by atoms with van der Waals surface area (Å²) in [6.07, 6.45) is -0.199. The quantitative estimate of drug-likeness (QED) is 0.780. The van der Waals surface area contributed by atoms with Gasteiger partial charge in [0.05, 0.1) is 6.10 Å². The number of carbonyl (C=O) groups excluding carboxylic acids is 1. The van der Waals surface area contributed by atoms with Crippen LogP contribution in [0.4, 0.5) is 5.82 Å². The summed E-state index contributed by atoms with van der Waals surface area (Å²) >= 11 is 1.13. The van der Waals surface area contributed by atoms with E-state index in [2.05, 4.69) is 4.98 Å². The van der Waals surface area contributed by atoms with Gasteiger partial charge in [-0.25, -0.2) is 4.98 Å². The molecule has 0 spiro atoms. The summed E-state index contributed by atoms with van der Waals surface area (Å²) < 4.78 is 0. The van der Waals surface area contributed by atoms with Crippen LogP contribution >= 0.6 is 11.8 Å². The summed E-state index contributed by atoms with van der Waals surface area (Å²) in [6.45, 7) is 1.48. The fraction of sp³-hybridized carbons (Fsp3) is 0.333. The van der Waals surface area contributed by atoms with Crippen LogP contribution in [-0.2, 0) is 4.79 Å². The zero-order valence-corrected chi connectivity index (χ0v) is 12.5. The lowest BCUT2D eigenvalue weighted by atomic mass is 9.98. The predicted molar refractivity (Wildman–Crippen MR) is 84.9 cm³/mol. The normalized spacial score (nSPS) is 14.0. The molecule has 0 aliphatic carbocycles. The van der Waals surface area contributed by atoms with Crippen molar-refractivity contribution < 1.29 is 15.0 Å². The second kappa shape index (κ2) is 6.89. The van der Waals surface area contributed by atoms with Gasteiger partial charge < -0.3 is 15.9 Å². The summed E-state index contributed by atoms with van der Waals surface area (Å²) in [5.41, 5.74) is 6.36. The van der Waals surface area contributed by atoms with Crippen molar-refractivity contribution >= 4 is 33.5 Å². The van der Waals surface area contributed by atoms with Gasteiger partial charge in [-0.3, -0.25) is 4.79 Å². The van der Waals surface area contributed by atoms with Crippen molar-refractivity contribution in [1.29, 1.82) is 0 Å². The average molecular weight is 306 g/mol. The van der Waals surface area contributed by atoms with Crippen LogP contribution in [0.25, 0.3) is 10.8 Å². The Kier molecular flexibility index (Phi) is 5.17. The number of nitrogens with two attached hydrogens (primary N) is 1. The molecule has 0 fully saturated rings. The molecule has 1 heterocycles. The summed E-state index contributed by atoms with van der Waals surface area (Å²) in [5, 5.41) is 21.9. The van der Waals surface area contributed by atoms with Gasteiger partial charge in [0.15, 0.2) is 5.12 Å². The molecule has 2 aromatic rings. The van der Waals surface area contributed by atoms with Crippen molar-refractivity contribution in [2.75, 3.05) is 11.5 Å². The Balaban J connectivity index is 2.21.